The van der Waals surface area contributed by atoms with Gasteiger partial charge in [-0.15, -0.1) is 10.2 Å². The Kier molecular flexibility index (Phi) is 7.41. The number of carbonyl (C=O) groups is 1. The molecule has 1 N–H and O–H groups in total. The van der Waals surface area contributed by atoms with E-state index in [9.17, 15) is 4.79 Å². The molecule has 0 saturated carbocycles. The fourth-order valence-electron chi connectivity index (χ4n) is 2.85. The molecule has 0 fully saturated rings. The van der Waals surface area contributed by atoms with Crippen LogP contribution in [-0.4, -0.2) is 42.7 Å². The molecule has 8 nitrogen and oxygen atoms in total. The Labute approximate surface area is 185 Å². The van der Waals surface area contributed by atoms with Crippen molar-refractivity contribution in [2.24, 2.45) is 0 Å². The smallest absolute Gasteiger partial charge is 0.277 e. The number of aromatic nitrogens is 2. The maximum absolute atomic E-state index is 12.5. The zero-order valence-corrected chi connectivity index (χ0v) is 18.9. The van der Waals surface area contributed by atoms with E-state index in [1.165, 1.54) is 38.7 Å². The summed E-state index contributed by atoms with van der Waals surface area (Å²) in [6, 6.07) is 11.2. The molecule has 2 aromatic carbocycles. The molecule has 0 saturated heterocycles. The molecule has 0 spiro atoms. The van der Waals surface area contributed by atoms with Crippen molar-refractivity contribution < 1.29 is 23.4 Å². The van der Waals surface area contributed by atoms with Gasteiger partial charge in [0, 0.05) is 11.3 Å². The van der Waals surface area contributed by atoms with Gasteiger partial charge in [-0.1, -0.05) is 30.8 Å². The highest BCUT2D eigenvalue weighted by Crippen LogP contribution is 2.41. The lowest BCUT2D eigenvalue weighted by molar-refractivity contribution is -0.115. The normalized spacial score (nSPS) is 11.6. The largest absolute Gasteiger partial charge is 0.493 e. The van der Waals surface area contributed by atoms with E-state index in [-0.39, 0.29) is 17.0 Å². The number of hydrogen-bond donors (Lipinski definition) is 1. The Bertz CT molecular complexity index is 1010. The number of amides is 1. The van der Waals surface area contributed by atoms with Crippen molar-refractivity contribution in [2.45, 2.75) is 30.7 Å². The molecule has 31 heavy (non-hydrogen) atoms. The lowest BCUT2D eigenvalue weighted by Crippen LogP contribution is -2.22. The summed E-state index contributed by atoms with van der Waals surface area (Å²) in [7, 11) is 4.60. The number of hydrogen-bond acceptors (Lipinski definition) is 8. The van der Waals surface area contributed by atoms with Gasteiger partial charge < -0.3 is 23.9 Å². The highest BCUT2D eigenvalue weighted by Gasteiger charge is 2.21. The summed E-state index contributed by atoms with van der Waals surface area (Å²) in [5.74, 6) is 1.56. The Morgan fingerprint density at radius 2 is 1.71 bits per heavy atom. The Morgan fingerprint density at radius 1 is 1.06 bits per heavy atom. The third kappa shape index (κ3) is 5.29. The van der Waals surface area contributed by atoms with Gasteiger partial charge in [0.05, 0.1) is 26.6 Å². The highest BCUT2D eigenvalue weighted by molar-refractivity contribution is 8.00. The fourth-order valence-corrected chi connectivity index (χ4v) is 3.53. The van der Waals surface area contributed by atoms with Crippen LogP contribution in [0.4, 0.5) is 5.69 Å². The average molecular weight is 444 g/mol. The summed E-state index contributed by atoms with van der Waals surface area (Å²) in [5, 5.41) is 10.9. The predicted molar refractivity (Wildman–Crippen MR) is 119 cm³/mol. The number of thioether (sulfide) groups is 1. The number of nitrogens with one attached hydrogen (secondary N) is 1. The second-order valence-electron chi connectivity index (χ2n) is 6.59. The van der Waals surface area contributed by atoms with Crippen LogP contribution in [0, 0.1) is 0 Å². The lowest BCUT2D eigenvalue weighted by Gasteiger charge is -2.12. The number of ether oxygens (including phenoxy) is 3. The molecule has 1 atom stereocenters. The van der Waals surface area contributed by atoms with Crippen LogP contribution in [-0.2, 0) is 11.2 Å². The van der Waals surface area contributed by atoms with Crippen LogP contribution in [0.5, 0.6) is 17.2 Å². The van der Waals surface area contributed by atoms with E-state index in [0.29, 0.717) is 22.8 Å². The van der Waals surface area contributed by atoms with Crippen molar-refractivity contribution in [3.05, 3.63) is 42.0 Å². The van der Waals surface area contributed by atoms with E-state index in [1.807, 2.05) is 24.3 Å². The SMILES string of the molecule is CCc1ccc(NC(=O)C(C)Sc2nnc(-c3cc(OC)c(OC)c(OC)c3)o2)cc1. The lowest BCUT2D eigenvalue weighted by atomic mass is 10.1. The number of nitrogens with zero attached hydrogens (tertiary/aromatic N) is 2. The summed E-state index contributed by atoms with van der Waals surface area (Å²) in [5.41, 5.74) is 2.57. The summed E-state index contributed by atoms with van der Waals surface area (Å²) in [4.78, 5) is 12.5. The molecule has 1 heterocycles. The second-order valence-corrected chi connectivity index (χ2v) is 7.88. The van der Waals surface area contributed by atoms with Crippen LogP contribution >= 0.6 is 11.8 Å². The molecule has 0 aliphatic heterocycles. The summed E-state index contributed by atoms with van der Waals surface area (Å²) < 4.78 is 21.8. The second kappa shape index (κ2) is 10.2. The zero-order chi connectivity index (χ0) is 22.4. The monoisotopic (exact) mass is 443 g/mol. The Morgan fingerprint density at radius 3 is 2.26 bits per heavy atom. The molecule has 1 unspecified atom stereocenters. The van der Waals surface area contributed by atoms with Gasteiger partial charge in [0.2, 0.25) is 17.5 Å². The molecule has 3 aromatic rings. The van der Waals surface area contributed by atoms with Crippen molar-refractivity contribution >= 4 is 23.4 Å². The molecule has 0 aliphatic carbocycles. The molecule has 9 heteroatoms. The van der Waals surface area contributed by atoms with E-state index in [1.54, 1.807) is 19.1 Å². The zero-order valence-electron chi connectivity index (χ0n) is 18.1. The van der Waals surface area contributed by atoms with Gasteiger partial charge in [0.1, 0.15) is 0 Å². The minimum absolute atomic E-state index is 0.151. The van der Waals surface area contributed by atoms with E-state index < -0.39 is 5.25 Å². The number of aryl methyl sites for hydroxylation is 1. The molecular formula is C22H25N3O5S. The first-order valence-corrected chi connectivity index (χ1v) is 10.6. The molecule has 3 rings (SSSR count). The van der Waals surface area contributed by atoms with E-state index >= 15 is 0 Å². The third-order valence-electron chi connectivity index (χ3n) is 4.59. The Hall–Kier alpha value is -3.20. The molecule has 0 aliphatic rings. The van der Waals surface area contributed by atoms with Gasteiger partial charge in [0.15, 0.2) is 11.5 Å². The number of methoxy groups -OCH3 is 3. The average Bonchev–Trinajstić information content (AvgIpc) is 3.26. The van der Waals surface area contributed by atoms with Crippen molar-refractivity contribution in [3.63, 3.8) is 0 Å². The first-order valence-electron chi connectivity index (χ1n) is 9.69. The van der Waals surface area contributed by atoms with Crippen molar-refractivity contribution in [2.75, 3.05) is 26.6 Å². The predicted octanol–water partition coefficient (Wildman–Crippen LogP) is 4.44. The number of benzene rings is 2. The molecule has 0 radical (unpaired) electrons. The molecule has 1 aromatic heterocycles. The van der Waals surface area contributed by atoms with Gasteiger partial charge in [-0.25, -0.2) is 0 Å². The maximum Gasteiger partial charge on any atom is 0.277 e. The summed E-state index contributed by atoms with van der Waals surface area (Å²) in [6.07, 6.45) is 0.950. The first-order chi connectivity index (χ1) is 15.0. The Balaban J connectivity index is 1.71. The van der Waals surface area contributed by atoms with Gasteiger partial charge >= 0.3 is 0 Å². The van der Waals surface area contributed by atoms with Gasteiger partial charge in [-0.2, -0.15) is 0 Å². The van der Waals surface area contributed by atoms with Gasteiger partial charge in [0.25, 0.3) is 5.22 Å². The summed E-state index contributed by atoms with van der Waals surface area (Å²) in [6.45, 7) is 3.87. The molecular weight excluding hydrogens is 418 g/mol. The van der Waals surface area contributed by atoms with Crippen LogP contribution in [0.25, 0.3) is 11.5 Å². The van der Waals surface area contributed by atoms with Crippen molar-refractivity contribution in [3.8, 4) is 28.7 Å². The quantitative estimate of drug-likeness (QED) is 0.485. The third-order valence-corrected chi connectivity index (χ3v) is 5.53. The van der Waals surface area contributed by atoms with Gasteiger partial charge in [-0.05, 0) is 43.2 Å². The fraction of sp³-hybridized carbons (Fsp3) is 0.318. The van der Waals surface area contributed by atoms with E-state index in [0.717, 1.165) is 12.1 Å². The summed E-state index contributed by atoms with van der Waals surface area (Å²) >= 11 is 1.18. The topological polar surface area (TPSA) is 95.7 Å². The van der Waals surface area contributed by atoms with Gasteiger partial charge in [-0.3, -0.25) is 4.79 Å². The van der Waals surface area contributed by atoms with E-state index in [4.69, 9.17) is 18.6 Å². The minimum Gasteiger partial charge on any atom is -0.493 e. The van der Waals surface area contributed by atoms with Crippen LogP contribution in [0.1, 0.15) is 19.4 Å². The minimum atomic E-state index is -0.431. The first kappa shape index (κ1) is 22.5. The van der Waals surface area contributed by atoms with E-state index in [2.05, 4.69) is 22.4 Å². The highest BCUT2D eigenvalue weighted by atomic mass is 32.2. The molecule has 164 valence electrons. The standard InChI is InChI=1S/C22H25N3O5S/c1-6-14-7-9-16(10-8-14)23-20(26)13(2)31-22-25-24-21(30-22)15-11-17(27-3)19(29-5)18(12-15)28-4/h7-13H,6H2,1-5H3,(H,23,26). The number of carbonyl (C=O) groups excluding carboxylic acids is 1. The van der Waals surface area contributed by atoms with Crippen molar-refractivity contribution in [1.82, 2.24) is 10.2 Å². The molecule has 1 amide bonds. The number of anilines is 1. The van der Waals surface area contributed by atoms with Crippen LogP contribution in [0.2, 0.25) is 0 Å². The van der Waals surface area contributed by atoms with Crippen molar-refractivity contribution in [1.29, 1.82) is 0 Å². The van der Waals surface area contributed by atoms with Crippen LogP contribution < -0.4 is 19.5 Å². The van der Waals surface area contributed by atoms with Crippen LogP contribution in [0.3, 0.4) is 0 Å². The molecule has 0 bridgehead atoms. The maximum atomic E-state index is 12.5. The number of rotatable bonds is 9. The van der Waals surface area contributed by atoms with Crippen LogP contribution in [0.15, 0.2) is 46.0 Å².